The Morgan fingerprint density at radius 3 is 2.56 bits per heavy atom. The van der Waals surface area contributed by atoms with E-state index in [0.717, 1.165) is 0 Å². The van der Waals surface area contributed by atoms with Crippen molar-refractivity contribution in [3.63, 3.8) is 0 Å². The highest BCUT2D eigenvalue weighted by Crippen LogP contribution is 2.46. The molecule has 2 nitrogen and oxygen atoms in total. The van der Waals surface area contributed by atoms with Gasteiger partial charge < -0.3 is 0 Å². The van der Waals surface area contributed by atoms with Crippen molar-refractivity contribution in [2.24, 2.45) is 5.92 Å². The summed E-state index contributed by atoms with van der Waals surface area (Å²) in [5.74, 6) is -1.38. The first-order chi connectivity index (χ1) is 7.58. The smallest absolute Gasteiger partial charge is 0.229 e. The molecule has 78 valence electrons. The maximum Gasteiger partial charge on any atom is 0.229 e. The minimum absolute atomic E-state index is 0.0704. The summed E-state index contributed by atoms with van der Waals surface area (Å²) in [6, 6.07) is 2.60. The maximum absolute atomic E-state index is 13.3. The van der Waals surface area contributed by atoms with Crippen molar-refractivity contribution in [2.45, 2.75) is 18.8 Å². The number of fused-ring (bicyclic) bond motifs is 1. The second kappa shape index (κ2) is 3.03. The van der Waals surface area contributed by atoms with Crippen molar-refractivity contribution in [2.75, 3.05) is 0 Å². The number of rotatable bonds is 0. The molecule has 0 heterocycles. The Hall–Kier alpha value is -1.45. The van der Waals surface area contributed by atoms with E-state index in [4.69, 9.17) is 7.85 Å². The zero-order chi connectivity index (χ0) is 11.4. The van der Waals surface area contributed by atoms with Gasteiger partial charge in [-0.2, -0.15) is 0 Å². The van der Waals surface area contributed by atoms with Crippen LogP contribution in [0.2, 0.25) is 0 Å². The molecule has 2 bridgehead atoms. The number of hydrogen-bond donors (Lipinski definition) is 0. The number of halogens is 1. The van der Waals surface area contributed by atoms with Crippen LogP contribution in [-0.4, -0.2) is 19.4 Å². The summed E-state index contributed by atoms with van der Waals surface area (Å²) in [7, 11) is 5.42. The highest BCUT2D eigenvalue weighted by molar-refractivity contribution is 6.46. The minimum Gasteiger partial charge on any atom is -0.290 e. The third kappa shape index (κ3) is 1.13. The summed E-state index contributed by atoms with van der Waals surface area (Å²) >= 11 is 0. The molecule has 1 fully saturated rings. The standard InChI is InChI=1S/C12H8BFO2/c13-9-3-8-7(4-10(9)14)5-1-6(2-5)11(15)12(8)16/h3-6H,1-2H2. The molecular weight excluding hydrogens is 206 g/mol. The topological polar surface area (TPSA) is 34.1 Å². The molecule has 0 atom stereocenters. The van der Waals surface area contributed by atoms with Crippen molar-refractivity contribution in [3.05, 3.63) is 29.1 Å². The second-order valence-electron chi connectivity index (χ2n) is 4.52. The second-order valence-corrected chi connectivity index (χ2v) is 4.52. The lowest BCUT2D eigenvalue weighted by molar-refractivity contribution is -0.121. The summed E-state index contributed by atoms with van der Waals surface area (Å²) in [4.78, 5) is 23.5. The van der Waals surface area contributed by atoms with Gasteiger partial charge in [-0.25, -0.2) is 4.39 Å². The van der Waals surface area contributed by atoms with Crippen molar-refractivity contribution >= 4 is 24.9 Å². The average molecular weight is 214 g/mol. The number of hydrogen-bond acceptors (Lipinski definition) is 2. The highest BCUT2D eigenvalue weighted by atomic mass is 19.1. The van der Waals surface area contributed by atoms with Gasteiger partial charge in [0.1, 0.15) is 13.7 Å². The van der Waals surface area contributed by atoms with E-state index in [1.54, 1.807) is 0 Å². The van der Waals surface area contributed by atoms with Crippen LogP contribution in [0.15, 0.2) is 12.1 Å². The van der Waals surface area contributed by atoms with Gasteiger partial charge in [0.15, 0.2) is 0 Å². The largest absolute Gasteiger partial charge is 0.290 e. The van der Waals surface area contributed by atoms with E-state index in [2.05, 4.69) is 0 Å². The van der Waals surface area contributed by atoms with Gasteiger partial charge in [-0.05, 0) is 30.4 Å². The van der Waals surface area contributed by atoms with Crippen LogP contribution >= 0.6 is 0 Å². The van der Waals surface area contributed by atoms with E-state index < -0.39 is 11.6 Å². The molecule has 1 aromatic rings. The summed E-state index contributed by atoms with van der Waals surface area (Å²) in [6.45, 7) is 0. The SMILES string of the molecule is [B]c1cc2c(cc1F)C1CC(C1)C(=O)C2=O. The number of Topliss-reactive ketones (excluding diaryl/α,β-unsaturated/α-hetero) is 2. The van der Waals surface area contributed by atoms with Crippen LogP contribution in [0.25, 0.3) is 0 Å². The summed E-state index contributed by atoms with van der Waals surface area (Å²) in [6.07, 6.45) is 1.34. The van der Waals surface area contributed by atoms with Gasteiger partial charge in [0.2, 0.25) is 11.6 Å². The molecule has 4 heteroatoms. The quantitative estimate of drug-likeness (QED) is 0.474. The fraction of sp³-hybridized carbons (Fsp3) is 0.333. The molecule has 1 aromatic carbocycles. The van der Waals surface area contributed by atoms with Crippen molar-refractivity contribution in [1.82, 2.24) is 0 Å². The first-order valence-corrected chi connectivity index (χ1v) is 5.25. The molecule has 3 aliphatic carbocycles. The normalized spacial score (nSPS) is 27.1. The van der Waals surface area contributed by atoms with Gasteiger partial charge in [-0.1, -0.05) is 11.5 Å². The van der Waals surface area contributed by atoms with Gasteiger partial charge >= 0.3 is 0 Å². The summed E-state index contributed by atoms with van der Waals surface area (Å²) in [5, 5.41) is 0. The van der Waals surface area contributed by atoms with E-state index >= 15 is 0 Å². The Labute approximate surface area is 93.2 Å². The first kappa shape index (κ1) is 9.76. The zero-order valence-corrected chi connectivity index (χ0v) is 8.50. The minimum atomic E-state index is -0.510. The zero-order valence-electron chi connectivity index (χ0n) is 8.50. The number of benzene rings is 1. The Kier molecular flexibility index (Phi) is 1.85. The predicted molar refractivity (Wildman–Crippen MR) is 56.6 cm³/mol. The van der Waals surface area contributed by atoms with Crippen LogP contribution in [0.4, 0.5) is 4.39 Å². The van der Waals surface area contributed by atoms with E-state index in [0.29, 0.717) is 24.0 Å². The lowest BCUT2D eigenvalue weighted by Crippen LogP contribution is -2.29. The van der Waals surface area contributed by atoms with Crippen molar-refractivity contribution in [1.29, 1.82) is 0 Å². The summed E-state index contributed by atoms with van der Waals surface area (Å²) < 4.78 is 13.3. The van der Waals surface area contributed by atoms with Gasteiger partial charge in [0.05, 0.1) is 0 Å². The van der Waals surface area contributed by atoms with E-state index in [9.17, 15) is 14.0 Å². The fourth-order valence-corrected chi connectivity index (χ4v) is 2.54. The molecule has 0 N–H and O–H groups in total. The molecule has 0 unspecified atom stereocenters. The molecule has 2 radical (unpaired) electrons. The Morgan fingerprint density at radius 1 is 1.19 bits per heavy atom. The van der Waals surface area contributed by atoms with Gasteiger partial charge in [0, 0.05) is 11.5 Å². The highest BCUT2D eigenvalue weighted by Gasteiger charge is 2.44. The van der Waals surface area contributed by atoms with Crippen molar-refractivity contribution < 1.29 is 14.0 Å². The monoisotopic (exact) mass is 214 g/mol. The van der Waals surface area contributed by atoms with Crippen LogP contribution in [0.3, 0.4) is 0 Å². The lowest BCUT2D eigenvalue weighted by Gasteiger charge is -2.31. The van der Waals surface area contributed by atoms with E-state index in [1.807, 2.05) is 0 Å². The molecule has 0 saturated heterocycles. The molecule has 0 amide bonds. The molecular formula is C12H8BFO2. The fourth-order valence-electron chi connectivity index (χ4n) is 2.54. The van der Waals surface area contributed by atoms with E-state index in [1.165, 1.54) is 12.1 Å². The van der Waals surface area contributed by atoms with Crippen LogP contribution in [0.1, 0.15) is 34.7 Å². The van der Waals surface area contributed by atoms with Gasteiger partial charge in [-0.3, -0.25) is 9.59 Å². The molecule has 3 aliphatic rings. The van der Waals surface area contributed by atoms with Crippen LogP contribution in [-0.2, 0) is 4.79 Å². The molecule has 0 aliphatic heterocycles. The third-order valence-corrected chi connectivity index (χ3v) is 3.59. The van der Waals surface area contributed by atoms with Crippen LogP contribution in [0.5, 0.6) is 0 Å². The first-order valence-electron chi connectivity index (χ1n) is 5.25. The number of carbonyl (C=O) groups excluding carboxylic acids is 2. The maximum atomic E-state index is 13.3. The van der Waals surface area contributed by atoms with E-state index in [-0.39, 0.29) is 23.1 Å². The predicted octanol–water partition coefficient (Wildman–Crippen LogP) is 0.879. The molecule has 16 heavy (non-hydrogen) atoms. The molecule has 0 aromatic heterocycles. The molecule has 4 rings (SSSR count). The van der Waals surface area contributed by atoms with Crippen LogP contribution < -0.4 is 5.46 Å². The molecule has 0 spiro atoms. The Balaban J connectivity index is 2.24. The lowest BCUT2D eigenvalue weighted by atomic mass is 9.71. The Bertz CT molecular complexity index is 518. The van der Waals surface area contributed by atoms with Gasteiger partial charge in [-0.15, -0.1) is 0 Å². The average Bonchev–Trinajstić information content (AvgIpc) is 2.32. The van der Waals surface area contributed by atoms with Crippen LogP contribution in [0, 0.1) is 11.7 Å². The number of carbonyl (C=O) groups is 2. The summed E-state index contributed by atoms with van der Waals surface area (Å²) in [5.41, 5.74) is 0.881. The molecule has 1 saturated carbocycles. The van der Waals surface area contributed by atoms with Crippen molar-refractivity contribution in [3.8, 4) is 0 Å². The number of ketones is 2. The Morgan fingerprint density at radius 2 is 1.88 bits per heavy atom. The van der Waals surface area contributed by atoms with Gasteiger partial charge in [0.25, 0.3) is 0 Å². The third-order valence-electron chi connectivity index (χ3n) is 3.59.